The van der Waals surface area contributed by atoms with Crippen molar-refractivity contribution in [3.63, 3.8) is 0 Å². The molecule has 4 aromatic carbocycles. The molecule has 4 aliphatic rings. The molecule has 3 amide bonds. The van der Waals surface area contributed by atoms with Gasteiger partial charge in [-0.3, -0.25) is 14.4 Å². The summed E-state index contributed by atoms with van der Waals surface area (Å²) in [4.78, 5) is 52.9. The molecule has 4 aromatic rings. The van der Waals surface area contributed by atoms with Crippen molar-refractivity contribution >= 4 is 23.6 Å². The minimum Gasteiger partial charge on any atom is -0.496 e. The third-order valence-electron chi connectivity index (χ3n) is 14.7. The lowest BCUT2D eigenvalue weighted by Gasteiger charge is -2.62. The smallest absolute Gasteiger partial charge is 0.407 e. The maximum atomic E-state index is 14.9. The van der Waals surface area contributed by atoms with Crippen molar-refractivity contribution in [2.45, 2.75) is 90.3 Å². The summed E-state index contributed by atoms with van der Waals surface area (Å²) in [5, 5.41) is 22.1. The first-order valence-electron chi connectivity index (χ1n) is 23.9. The number of benzene rings is 4. The predicted molar refractivity (Wildman–Crippen MR) is 263 cm³/mol. The number of rotatable bonds is 19. The number of nitrogens with zero attached hydrogens (tertiary/aromatic N) is 3. The Morgan fingerprint density at radius 3 is 2.25 bits per heavy atom. The second-order valence-electron chi connectivity index (χ2n) is 20.1. The van der Waals surface area contributed by atoms with E-state index in [9.17, 15) is 19.5 Å². The number of aliphatic hydroxyl groups excluding tert-OH is 1. The van der Waals surface area contributed by atoms with Gasteiger partial charge in [-0.15, -0.1) is 0 Å². The van der Waals surface area contributed by atoms with E-state index in [4.69, 9.17) is 14.3 Å². The van der Waals surface area contributed by atoms with Gasteiger partial charge in [0.2, 0.25) is 5.91 Å². The number of alkyl carbamates (subject to hydrolysis) is 1. The van der Waals surface area contributed by atoms with Gasteiger partial charge in [0.05, 0.1) is 26.2 Å². The molecular weight excluding hydrogens is 845 g/mol. The zero-order valence-corrected chi connectivity index (χ0v) is 40.8. The molecule has 1 heterocycles. The van der Waals surface area contributed by atoms with E-state index in [-0.39, 0.29) is 41.8 Å². The minimum absolute atomic E-state index is 0.0257. The zero-order chi connectivity index (χ0) is 48.0. The first kappa shape index (κ1) is 49.4. The summed E-state index contributed by atoms with van der Waals surface area (Å²) in [6.45, 7) is 9.42. The standard InChI is InChI=1S/C54H72N6O7/c1-34-45-29-41(54(45,3)4)30-46(34)57-52(63)49-48(35(2)66-53(64)55-24-23-36-17-12-10-13-18-36)47(33-61)67-60(49)31-38-21-16-22-44(50(38)65-9)39-26-40(28-43(27-39)59(7)8)51(62)56-42(32-58(5)6)25-37-19-14-11-15-20-37/h10-22,26-28,34-35,41-42,45-49,61H,23-25,29-33H2,1-9H3,(H,55,64)(H,56,62)(H,57,63)/t34-,35-,41-,42-,45-,46-,47-,48+,49-/m0/s1. The molecule has 9 atom stereocenters. The largest absolute Gasteiger partial charge is 0.496 e. The Morgan fingerprint density at radius 2 is 1.63 bits per heavy atom. The Morgan fingerprint density at radius 1 is 0.925 bits per heavy atom. The molecule has 0 aromatic heterocycles. The van der Waals surface area contributed by atoms with Crippen molar-refractivity contribution in [3.8, 4) is 16.9 Å². The SMILES string of the molecule is COc1c(CN2O[C@@H](CO)[C@@H]([C@H](C)OC(=O)NCCc3ccccc3)[C@H]2C(=O)N[C@H]2C[C@@H]3C[C@@H]([C@@H]2C)C3(C)C)cccc1-c1cc(C(=O)N[C@@H](Cc2ccccc2)CN(C)C)cc(N(C)C)c1. The molecule has 4 fully saturated rings. The summed E-state index contributed by atoms with van der Waals surface area (Å²) < 4.78 is 12.2. The van der Waals surface area contributed by atoms with E-state index in [2.05, 4.69) is 53.8 Å². The number of para-hydroxylation sites is 1. The highest BCUT2D eigenvalue weighted by Gasteiger charge is 2.57. The number of anilines is 1. The van der Waals surface area contributed by atoms with E-state index in [1.54, 1.807) is 19.1 Å². The normalized spacial score (nSPS) is 24.0. The van der Waals surface area contributed by atoms with Crippen molar-refractivity contribution in [3.05, 3.63) is 119 Å². The molecule has 0 radical (unpaired) electrons. The van der Waals surface area contributed by atoms with Crippen molar-refractivity contribution in [1.82, 2.24) is 25.9 Å². The number of methoxy groups -OCH3 is 1. The number of ether oxygens (including phenoxy) is 2. The van der Waals surface area contributed by atoms with Gasteiger partial charge < -0.3 is 40.3 Å². The maximum Gasteiger partial charge on any atom is 0.407 e. The van der Waals surface area contributed by atoms with Gasteiger partial charge in [0.1, 0.15) is 24.0 Å². The molecule has 360 valence electrons. The molecule has 8 rings (SSSR count). The number of likely N-dealkylation sites (N-methyl/N-ethyl adjacent to an activating group) is 1. The topological polar surface area (TPSA) is 145 Å². The number of fused-ring (bicyclic) bond motifs is 2. The van der Waals surface area contributed by atoms with Crippen LogP contribution in [-0.2, 0) is 33.8 Å². The summed E-state index contributed by atoms with van der Waals surface area (Å²) in [6, 6.07) is 30.6. The number of aliphatic hydroxyl groups is 1. The summed E-state index contributed by atoms with van der Waals surface area (Å²) >= 11 is 0. The van der Waals surface area contributed by atoms with Crippen LogP contribution in [0, 0.1) is 29.1 Å². The molecule has 13 nitrogen and oxygen atoms in total. The number of nitrogens with one attached hydrogen (secondary N) is 3. The van der Waals surface area contributed by atoms with Gasteiger partial charge in [0, 0.05) is 61.6 Å². The summed E-state index contributed by atoms with van der Waals surface area (Å²) in [5.41, 5.74) is 6.07. The van der Waals surface area contributed by atoms with Gasteiger partial charge >= 0.3 is 6.09 Å². The van der Waals surface area contributed by atoms with Crippen LogP contribution < -0.4 is 25.6 Å². The number of hydroxylamine groups is 2. The highest BCUT2D eigenvalue weighted by atomic mass is 16.7. The monoisotopic (exact) mass is 917 g/mol. The Labute approximate surface area is 397 Å². The maximum absolute atomic E-state index is 14.9. The van der Waals surface area contributed by atoms with Crippen LogP contribution in [0.2, 0.25) is 0 Å². The quantitative estimate of drug-likeness (QED) is 0.0779. The Balaban J connectivity index is 1.16. The van der Waals surface area contributed by atoms with E-state index >= 15 is 0 Å². The van der Waals surface area contributed by atoms with Crippen LogP contribution in [0.15, 0.2) is 97.1 Å². The third kappa shape index (κ3) is 11.5. The molecule has 0 spiro atoms. The van der Waals surface area contributed by atoms with E-state index in [1.807, 2.05) is 118 Å². The van der Waals surface area contributed by atoms with Crippen LogP contribution in [-0.4, -0.2) is 118 Å². The molecular formula is C54H72N6O7. The number of carbonyl (C=O) groups is 3. The Hall–Kier alpha value is -5.47. The highest BCUT2D eigenvalue weighted by Crippen LogP contribution is 2.61. The molecule has 3 saturated carbocycles. The first-order chi connectivity index (χ1) is 32.1. The molecule has 67 heavy (non-hydrogen) atoms. The van der Waals surface area contributed by atoms with Gasteiger partial charge in [-0.1, -0.05) is 99.6 Å². The molecule has 1 saturated heterocycles. The van der Waals surface area contributed by atoms with Gasteiger partial charge in [0.25, 0.3) is 5.91 Å². The second-order valence-corrected chi connectivity index (χ2v) is 20.1. The fraction of sp³-hybridized carbons (Fsp3) is 0.500. The van der Waals surface area contributed by atoms with Crippen LogP contribution in [0.1, 0.15) is 67.6 Å². The lowest BCUT2D eigenvalue weighted by molar-refractivity contribution is -0.183. The van der Waals surface area contributed by atoms with Crippen LogP contribution in [0.25, 0.3) is 11.1 Å². The molecule has 1 aliphatic heterocycles. The summed E-state index contributed by atoms with van der Waals surface area (Å²) in [5.74, 6) is 0.736. The van der Waals surface area contributed by atoms with Crippen molar-refractivity contribution in [1.29, 1.82) is 0 Å². The van der Waals surface area contributed by atoms with Crippen molar-refractivity contribution in [2.75, 3.05) is 59.9 Å². The van der Waals surface area contributed by atoms with Crippen LogP contribution >= 0.6 is 0 Å². The van der Waals surface area contributed by atoms with Crippen molar-refractivity contribution in [2.24, 2.45) is 29.1 Å². The summed E-state index contributed by atoms with van der Waals surface area (Å²) in [6.07, 6.45) is 1.12. The predicted octanol–water partition coefficient (Wildman–Crippen LogP) is 6.97. The number of hydrogen-bond donors (Lipinski definition) is 4. The molecule has 13 heteroatoms. The van der Waals surface area contributed by atoms with E-state index < -0.39 is 36.9 Å². The Kier molecular flexibility index (Phi) is 16.0. The number of hydrogen-bond acceptors (Lipinski definition) is 10. The lowest BCUT2D eigenvalue weighted by Crippen LogP contribution is -2.62. The van der Waals surface area contributed by atoms with Crippen LogP contribution in [0.4, 0.5) is 10.5 Å². The average molecular weight is 917 g/mol. The molecule has 4 N–H and O–H groups in total. The summed E-state index contributed by atoms with van der Waals surface area (Å²) in [7, 11) is 9.50. The molecule has 3 aliphatic carbocycles. The zero-order valence-electron chi connectivity index (χ0n) is 40.8. The van der Waals surface area contributed by atoms with Crippen LogP contribution in [0.5, 0.6) is 5.75 Å². The van der Waals surface area contributed by atoms with Gasteiger partial charge in [-0.2, -0.15) is 5.06 Å². The first-order valence-corrected chi connectivity index (χ1v) is 23.9. The van der Waals surface area contributed by atoms with Gasteiger partial charge in [0.15, 0.2) is 0 Å². The fourth-order valence-corrected chi connectivity index (χ4v) is 11.0. The van der Waals surface area contributed by atoms with Gasteiger partial charge in [-0.05, 0) is 105 Å². The van der Waals surface area contributed by atoms with E-state index in [1.165, 1.54) is 6.42 Å². The van der Waals surface area contributed by atoms with Gasteiger partial charge in [-0.25, -0.2) is 4.79 Å². The van der Waals surface area contributed by atoms with E-state index in [0.29, 0.717) is 49.1 Å². The van der Waals surface area contributed by atoms with Crippen molar-refractivity contribution < 1.29 is 33.8 Å². The number of amides is 3. The van der Waals surface area contributed by atoms with E-state index in [0.717, 1.165) is 39.9 Å². The fourth-order valence-electron chi connectivity index (χ4n) is 11.0. The molecule has 2 bridgehead atoms. The number of carbonyl (C=O) groups excluding carboxylic acids is 3. The average Bonchev–Trinajstić information content (AvgIpc) is 3.68. The third-order valence-corrected chi connectivity index (χ3v) is 14.7. The highest BCUT2D eigenvalue weighted by molar-refractivity contribution is 5.97. The lowest BCUT2D eigenvalue weighted by atomic mass is 9.45. The Bertz CT molecular complexity index is 2310. The molecule has 0 unspecified atom stereocenters. The van der Waals surface area contributed by atoms with Crippen LogP contribution in [0.3, 0.4) is 0 Å². The minimum atomic E-state index is -0.922. The second kappa shape index (κ2) is 21.7.